The average molecular weight is 364 g/mol. The number of benzene rings is 2. The molecule has 1 aliphatic heterocycles. The summed E-state index contributed by atoms with van der Waals surface area (Å²) >= 11 is 0. The first-order valence-electron chi connectivity index (χ1n) is 9.70. The highest BCUT2D eigenvalue weighted by Crippen LogP contribution is 2.15. The molecule has 0 saturated carbocycles. The molecule has 4 nitrogen and oxygen atoms in total. The van der Waals surface area contributed by atoms with E-state index in [-0.39, 0.29) is 5.91 Å². The van der Waals surface area contributed by atoms with Gasteiger partial charge in [0, 0.05) is 32.7 Å². The zero-order valence-corrected chi connectivity index (χ0v) is 16.0. The molecular weight excluding hydrogens is 336 g/mol. The summed E-state index contributed by atoms with van der Waals surface area (Å²) in [4.78, 5) is 17.1. The van der Waals surface area contributed by atoms with Crippen LogP contribution in [0.1, 0.15) is 18.9 Å². The van der Waals surface area contributed by atoms with Crippen molar-refractivity contribution in [3.05, 3.63) is 72.3 Å². The lowest BCUT2D eigenvalue weighted by atomic mass is 10.2. The van der Waals surface area contributed by atoms with Gasteiger partial charge in [0.15, 0.2) is 6.10 Å². The molecule has 0 aromatic heterocycles. The lowest BCUT2D eigenvalue weighted by Gasteiger charge is -2.35. The molecule has 1 aliphatic rings. The van der Waals surface area contributed by atoms with Gasteiger partial charge in [-0.3, -0.25) is 9.69 Å². The van der Waals surface area contributed by atoms with Crippen LogP contribution in [0.3, 0.4) is 0 Å². The summed E-state index contributed by atoms with van der Waals surface area (Å²) in [7, 11) is 0. The minimum atomic E-state index is -0.406. The second kappa shape index (κ2) is 9.93. The van der Waals surface area contributed by atoms with Crippen LogP contribution < -0.4 is 4.74 Å². The Hall–Kier alpha value is -2.59. The maximum absolute atomic E-state index is 12.8. The van der Waals surface area contributed by atoms with Crippen LogP contribution in [-0.4, -0.2) is 54.5 Å². The third-order valence-corrected chi connectivity index (χ3v) is 4.83. The van der Waals surface area contributed by atoms with E-state index in [0.29, 0.717) is 6.42 Å². The second-order valence-corrected chi connectivity index (χ2v) is 6.77. The van der Waals surface area contributed by atoms with E-state index in [1.165, 1.54) is 5.56 Å². The summed E-state index contributed by atoms with van der Waals surface area (Å²) in [6, 6.07) is 19.9. The molecule has 27 heavy (non-hydrogen) atoms. The Morgan fingerprint density at radius 3 is 2.26 bits per heavy atom. The smallest absolute Gasteiger partial charge is 0.263 e. The minimum Gasteiger partial charge on any atom is -0.481 e. The normalized spacial score (nSPS) is 16.4. The Balaban J connectivity index is 1.46. The molecule has 0 bridgehead atoms. The van der Waals surface area contributed by atoms with Crippen molar-refractivity contribution in [3.63, 3.8) is 0 Å². The number of carbonyl (C=O) groups excluding carboxylic acids is 1. The third kappa shape index (κ3) is 5.69. The monoisotopic (exact) mass is 364 g/mol. The van der Waals surface area contributed by atoms with Gasteiger partial charge in [-0.25, -0.2) is 0 Å². The first-order chi connectivity index (χ1) is 13.3. The standard InChI is InChI=1S/C23H28N2O2/c1-2-22(27-21-13-7-4-8-14-21)23(26)25-18-16-24(17-19-25)15-9-12-20-10-5-3-6-11-20/h3-14,22H,2,15-19H2,1H3. The lowest BCUT2D eigenvalue weighted by Crippen LogP contribution is -2.52. The third-order valence-electron chi connectivity index (χ3n) is 4.83. The van der Waals surface area contributed by atoms with Crippen molar-refractivity contribution in [3.8, 4) is 5.75 Å². The molecular formula is C23H28N2O2. The van der Waals surface area contributed by atoms with E-state index < -0.39 is 6.10 Å². The van der Waals surface area contributed by atoms with Gasteiger partial charge in [-0.15, -0.1) is 0 Å². The Bertz CT molecular complexity index is 723. The fourth-order valence-corrected chi connectivity index (χ4v) is 3.23. The van der Waals surface area contributed by atoms with Gasteiger partial charge < -0.3 is 9.64 Å². The summed E-state index contributed by atoms with van der Waals surface area (Å²) in [6.45, 7) is 6.21. The number of hydrogen-bond donors (Lipinski definition) is 0. The maximum atomic E-state index is 12.8. The Morgan fingerprint density at radius 1 is 1.00 bits per heavy atom. The van der Waals surface area contributed by atoms with Crippen LogP contribution in [0.5, 0.6) is 5.75 Å². The van der Waals surface area contributed by atoms with E-state index in [4.69, 9.17) is 4.74 Å². The Labute approximate surface area is 162 Å². The first kappa shape index (κ1) is 19.2. The van der Waals surface area contributed by atoms with Crippen LogP contribution in [-0.2, 0) is 4.79 Å². The van der Waals surface area contributed by atoms with Crippen molar-refractivity contribution in [1.82, 2.24) is 9.80 Å². The highest BCUT2D eigenvalue weighted by Gasteiger charge is 2.27. The molecule has 142 valence electrons. The van der Waals surface area contributed by atoms with E-state index in [2.05, 4.69) is 29.2 Å². The molecule has 2 aromatic carbocycles. The van der Waals surface area contributed by atoms with Crippen LogP contribution >= 0.6 is 0 Å². The lowest BCUT2D eigenvalue weighted by molar-refractivity contribution is -0.140. The molecule has 0 N–H and O–H groups in total. The molecule has 2 aromatic rings. The number of carbonyl (C=O) groups is 1. The fourth-order valence-electron chi connectivity index (χ4n) is 3.23. The van der Waals surface area contributed by atoms with Crippen molar-refractivity contribution in [2.75, 3.05) is 32.7 Å². The van der Waals surface area contributed by atoms with Crippen LogP contribution in [0, 0.1) is 0 Å². The van der Waals surface area contributed by atoms with E-state index in [9.17, 15) is 4.79 Å². The predicted octanol–water partition coefficient (Wildman–Crippen LogP) is 3.70. The number of piperazine rings is 1. The van der Waals surface area contributed by atoms with Gasteiger partial charge >= 0.3 is 0 Å². The van der Waals surface area contributed by atoms with Gasteiger partial charge in [-0.1, -0.05) is 67.6 Å². The van der Waals surface area contributed by atoms with Gasteiger partial charge in [0.05, 0.1) is 0 Å². The Kier molecular flexibility index (Phi) is 7.05. The molecule has 0 aliphatic carbocycles. The van der Waals surface area contributed by atoms with Crippen molar-refractivity contribution in [2.45, 2.75) is 19.4 Å². The van der Waals surface area contributed by atoms with E-state index in [1.54, 1.807) is 0 Å². The van der Waals surface area contributed by atoms with Crippen LogP contribution in [0.15, 0.2) is 66.7 Å². The van der Waals surface area contributed by atoms with E-state index >= 15 is 0 Å². The quantitative estimate of drug-likeness (QED) is 0.751. The molecule has 1 saturated heterocycles. The summed E-state index contributed by atoms with van der Waals surface area (Å²) in [5.74, 6) is 0.850. The molecule has 1 heterocycles. The average Bonchev–Trinajstić information content (AvgIpc) is 2.73. The molecule has 1 amide bonds. The largest absolute Gasteiger partial charge is 0.481 e. The summed E-state index contributed by atoms with van der Waals surface area (Å²) in [6.07, 6.45) is 4.61. The first-order valence-corrected chi connectivity index (χ1v) is 9.70. The van der Waals surface area contributed by atoms with Crippen LogP contribution in [0.2, 0.25) is 0 Å². The maximum Gasteiger partial charge on any atom is 0.263 e. The van der Waals surface area contributed by atoms with Crippen LogP contribution in [0.4, 0.5) is 0 Å². The Morgan fingerprint density at radius 2 is 1.63 bits per heavy atom. The fraction of sp³-hybridized carbons (Fsp3) is 0.348. The van der Waals surface area contributed by atoms with Gasteiger partial charge in [0.1, 0.15) is 5.75 Å². The minimum absolute atomic E-state index is 0.0980. The molecule has 1 unspecified atom stereocenters. The highest BCUT2D eigenvalue weighted by atomic mass is 16.5. The van der Waals surface area contributed by atoms with Gasteiger partial charge in [-0.2, -0.15) is 0 Å². The number of hydrogen-bond acceptors (Lipinski definition) is 3. The number of rotatable bonds is 7. The van der Waals surface area contributed by atoms with Gasteiger partial charge in [-0.05, 0) is 24.1 Å². The van der Waals surface area contributed by atoms with Crippen molar-refractivity contribution in [1.29, 1.82) is 0 Å². The SMILES string of the molecule is CCC(Oc1ccccc1)C(=O)N1CCN(CC=Cc2ccccc2)CC1. The molecule has 0 spiro atoms. The molecule has 0 radical (unpaired) electrons. The zero-order valence-electron chi connectivity index (χ0n) is 16.0. The number of ether oxygens (including phenoxy) is 1. The second-order valence-electron chi connectivity index (χ2n) is 6.77. The van der Waals surface area contributed by atoms with Crippen molar-refractivity contribution in [2.24, 2.45) is 0 Å². The van der Waals surface area contributed by atoms with E-state index in [1.807, 2.05) is 60.4 Å². The summed E-state index contributed by atoms with van der Waals surface area (Å²) in [5, 5.41) is 0. The van der Waals surface area contributed by atoms with Gasteiger partial charge in [0.2, 0.25) is 0 Å². The molecule has 1 atom stereocenters. The summed E-state index contributed by atoms with van der Waals surface area (Å²) < 4.78 is 5.90. The van der Waals surface area contributed by atoms with Crippen molar-refractivity contribution < 1.29 is 9.53 Å². The molecule has 3 rings (SSSR count). The van der Waals surface area contributed by atoms with E-state index in [0.717, 1.165) is 38.5 Å². The zero-order chi connectivity index (χ0) is 18.9. The number of para-hydroxylation sites is 1. The number of amides is 1. The number of nitrogens with zero attached hydrogens (tertiary/aromatic N) is 2. The topological polar surface area (TPSA) is 32.8 Å². The highest BCUT2D eigenvalue weighted by molar-refractivity contribution is 5.81. The summed E-state index contributed by atoms with van der Waals surface area (Å²) in [5.41, 5.74) is 1.22. The van der Waals surface area contributed by atoms with Crippen molar-refractivity contribution >= 4 is 12.0 Å². The predicted molar refractivity (Wildman–Crippen MR) is 110 cm³/mol. The van der Waals surface area contributed by atoms with Crippen LogP contribution in [0.25, 0.3) is 6.08 Å². The molecule has 4 heteroatoms. The van der Waals surface area contributed by atoms with Gasteiger partial charge in [0.25, 0.3) is 5.91 Å². The molecule has 1 fully saturated rings.